The zero-order valence-electron chi connectivity index (χ0n) is 17.6. The number of fused-ring (bicyclic) bond motifs is 9. The van der Waals surface area contributed by atoms with Crippen molar-refractivity contribution in [1.29, 1.82) is 0 Å². The second kappa shape index (κ2) is 6.10. The fourth-order valence-electron chi connectivity index (χ4n) is 5.61. The van der Waals surface area contributed by atoms with Crippen molar-refractivity contribution < 1.29 is 19.1 Å². The molecule has 7 heteroatoms. The Morgan fingerprint density at radius 3 is 2.00 bits per heavy atom. The van der Waals surface area contributed by atoms with Crippen LogP contribution in [-0.4, -0.2) is 34.0 Å². The Bertz CT molecular complexity index is 1780. The summed E-state index contributed by atoms with van der Waals surface area (Å²) in [6, 6.07) is 15.7. The minimum atomic E-state index is -0.387. The number of imide groups is 1. The van der Waals surface area contributed by atoms with Gasteiger partial charge in [-0.1, -0.05) is 42.5 Å². The molecule has 0 fully saturated rings. The van der Waals surface area contributed by atoms with E-state index in [1.165, 1.54) is 7.11 Å². The highest BCUT2D eigenvalue weighted by Gasteiger charge is 2.37. The molecular formula is C26H17N3O4. The molecule has 5 aromatic rings. The lowest BCUT2D eigenvalue weighted by molar-refractivity contribution is -0.136. The molecule has 0 atom stereocenters. The molecule has 0 radical (unpaired) electrons. The van der Waals surface area contributed by atoms with Gasteiger partial charge in [0.1, 0.15) is 0 Å². The Hall–Kier alpha value is -4.39. The van der Waals surface area contributed by atoms with Gasteiger partial charge in [-0.25, -0.2) is 4.79 Å². The molecule has 7 nitrogen and oxygen atoms in total. The third-order valence-electron chi connectivity index (χ3n) is 6.89. The summed E-state index contributed by atoms with van der Waals surface area (Å²) in [7, 11) is 1.38. The number of carbonyl (C=O) groups is 3. The van der Waals surface area contributed by atoms with Crippen LogP contribution in [0.2, 0.25) is 0 Å². The van der Waals surface area contributed by atoms with E-state index >= 15 is 0 Å². The second-order valence-electron chi connectivity index (χ2n) is 8.43. The zero-order valence-corrected chi connectivity index (χ0v) is 17.6. The van der Waals surface area contributed by atoms with Crippen molar-refractivity contribution in [2.24, 2.45) is 0 Å². The molecule has 7 rings (SSSR count). The van der Waals surface area contributed by atoms with E-state index in [9.17, 15) is 14.4 Å². The molecule has 33 heavy (non-hydrogen) atoms. The molecular weight excluding hydrogens is 418 g/mol. The molecule has 0 spiro atoms. The predicted molar refractivity (Wildman–Crippen MR) is 124 cm³/mol. The monoisotopic (exact) mass is 435 g/mol. The van der Waals surface area contributed by atoms with Crippen molar-refractivity contribution in [2.75, 3.05) is 7.11 Å². The van der Waals surface area contributed by atoms with E-state index in [2.05, 4.69) is 14.5 Å². The molecule has 2 aliphatic rings. The summed E-state index contributed by atoms with van der Waals surface area (Å²) in [5.74, 6) is -1.14. The van der Waals surface area contributed by atoms with Gasteiger partial charge in [-0.15, -0.1) is 0 Å². The molecule has 0 saturated carbocycles. The zero-order chi connectivity index (χ0) is 22.4. The van der Waals surface area contributed by atoms with Crippen LogP contribution in [0.3, 0.4) is 0 Å². The molecule has 2 amide bonds. The Morgan fingerprint density at radius 1 is 0.848 bits per heavy atom. The number of nitrogens with zero attached hydrogens (tertiary/aromatic N) is 2. The SMILES string of the molecule is COC(=O)C1=CCn2c3ccccc3c3c4c(c5c6ccccc6n(c5c32)C1)C(=O)NC4=O. The third kappa shape index (κ3) is 2.11. The van der Waals surface area contributed by atoms with Crippen LogP contribution in [-0.2, 0) is 22.6 Å². The van der Waals surface area contributed by atoms with Crippen LogP contribution in [0.15, 0.2) is 60.2 Å². The number of hydrogen-bond acceptors (Lipinski definition) is 4. The van der Waals surface area contributed by atoms with Crippen LogP contribution < -0.4 is 5.32 Å². The minimum Gasteiger partial charge on any atom is -0.466 e. The van der Waals surface area contributed by atoms with E-state index < -0.39 is 0 Å². The fraction of sp³-hybridized carbons (Fsp3) is 0.115. The number of nitrogens with one attached hydrogen (secondary N) is 1. The highest BCUT2D eigenvalue weighted by atomic mass is 16.5. The number of benzene rings is 3. The van der Waals surface area contributed by atoms with Gasteiger partial charge in [0.25, 0.3) is 11.8 Å². The predicted octanol–water partition coefficient (Wildman–Crippen LogP) is 3.90. The van der Waals surface area contributed by atoms with Crippen LogP contribution in [0.4, 0.5) is 0 Å². The van der Waals surface area contributed by atoms with Gasteiger partial charge in [0.2, 0.25) is 0 Å². The fourth-order valence-corrected chi connectivity index (χ4v) is 5.61. The number of para-hydroxylation sites is 2. The normalized spacial score (nSPS) is 15.2. The Morgan fingerprint density at radius 2 is 1.39 bits per heavy atom. The van der Waals surface area contributed by atoms with Gasteiger partial charge < -0.3 is 13.9 Å². The lowest BCUT2D eigenvalue weighted by Gasteiger charge is -2.16. The summed E-state index contributed by atoms with van der Waals surface area (Å²) >= 11 is 0. The number of hydrogen-bond donors (Lipinski definition) is 1. The molecule has 0 aliphatic carbocycles. The standard InChI is InChI=1S/C26H17N3O4/c1-33-26(32)13-10-11-28-16-8-4-2-6-14(16)18-20-21(25(31)27-24(20)30)19-15-7-3-5-9-17(15)29(12-13)23(19)22(18)28/h2-10H,11-12H2,1H3,(H,27,30,31). The van der Waals surface area contributed by atoms with Gasteiger partial charge >= 0.3 is 5.97 Å². The number of amides is 2. The van der Waals surface area contributed by atoms with E-state index in [4.69, 9.17) is 4.74 Å². The molecule has 160 valence electrons. The summed E-state index contributed by atoms with van der Waals surface area (Å²) in [4.78, 5) is 38.8. The van der Waals surface area contributed by atoms with E-state index in [1.807, 2.05) is 54.6 Å². The first-order valence-electron chi connectivity index (χ1n) is 10.7. The van der Waals surface area contributed by atoms with E-state index in [0.29, 0.717) is 29.8 Å². The summed E-state index contributed by atoms with van der Waals surface area (Å²) in [5.41, 5.74) is 4.95. The van der Waals surface area contributed by atoms with Crippen LogP contribution >= 0.6 is 0 Å². The summed E-state index contributed by atoms with van der Waals surface area (Å²) < 4.78 is 9.26. The van der Waals surface area contributed by atoms with Crippen molar-refractivity contribution in [3.05, 3.63) is 71.3 Å². The highest BCUT2D eigenvalue weighted by Crippen LogP contribution is 2.45. The number of aromatic nitrogens is 2. The first kappa shape index (κ1) is 18.2. The lowest BCUT2D eigenvalue weighted by atomic mass is 9.96. The molecule has 0 saturated heterocycles. The molecule has 4 heterocycles. The van der Waals surface area contributed by atoms with Gasteiger partial charge in [0, 0.05) is 39.1 Å². The average Bonchev–Trinajstić information content (AvgIpc) is 3.42. The van der Waals surface area contributed by atoms with Crippen LogP contribution in [0, 0.1) is 0 Å². The molecule has 0 bridgehead atoms. The maximum Gasteiger partial charge on any atom is 0.335 e. The first-order valence-corrected chi connectivity index (χ1v) is 10.7. The molecule has 1 N–H and O–H groups in total. The van der Waals surface area contributed by atoms with E-state index in [-0.39, 0.29) is 17.8 Å². The van der Waals surface area contributed by atoms with Crippen molar-refractivity contribution in [3.63, 3.8) is 0 Å². The lowest BCUT2D eigenvalue weighted by Crippen LogP contribution is -2.20. The van der Waals surface area contributed by atoms with Gasteiger partial charge in [-0.3, -0.25) is 14.9 Å². The van der Waals surface area contributed by atoms with Gasteiger partial charge in [0.05, 0.1) is 41.4 Å². The Kier molecular flexibility index (Phi) is 3.37. The topological polar surface area (TPSA) is 82.3 Å². The third-order valence-corrected chi connectivity index (χ3v) is 6.89. The largest absolute Gasteiger partial charge is 0.466 e. The Labute approximate surface area is 186 Å². The van der Waals surface area contributed by atoms with Crippen molar-refractivity contribution >= 4 is 61.4 Å². The molecule has 2 aromatic heterocycles. The Balaban J connectivity index is 1.83. The molecule has 3 aromatic carbocycles. The maximum absolute atomic E-state index is 13.1. The van der Waals surface area contributed by atoms with E-state index in [1.54, 1.807) is 0 Å². The van der Waals surface area contributed by atoms with Crippen LogP contribution in [0.5, 0.6) is 0 Å². The van der Waals surface area contributed by atoms with Crippen molar-refractivity contribution in [2.45, 2.75) is 13.1 Å². The minimum absolute atomic E-state index is 0.307. The quantitative estimate of drug-likeness (QED) is 0.320. The second-order valence-corrected chi connectivity index (χ2v) is 8.43. The van der Waals surface area contributed by atoms with Gasteiger partial charge in [-0.05, 0) is 12.1 Å². The van der Waals surface area contributed by atoms with Gasteiger partial charge in [0.15, 0.2) is 0 Å². The number of esters is 1. The highest BCUT2D eigenvalue weighted by molar-refractivity contribution is 6.39. The molecule has 0 unspecified atom stereocenters. The number of methoxy groups -OCH3 is 1. The van der Waals surface area contributed by atoms with Crippen LogP contribution in [0.1, 0.15) is 20.7 Å². The maximum atomic E-state index is 13.1. The summed E-state index contributed by atoms with van der Waals surface area (Å²) in [6.07, 6.45) is 1.89. The van der Waals surface area contributed by atoms with E-state index in [0.717, 1.165) is 43.6 Å². The van der Waals surface area contributed by atoms with Gasteiger partial charge in [-0.2, -0.15) is 0 Å². The van der Waals surface area contributed by atoms with Crippen LogP contribution in [0.25, 0.3) is 43.6 Å². The van der Waals surface area contributed by atoms with Crippen molar-refractivity contribution in [3.8, 4) is 0 Å². The summed E-state index contributed by atoms with van der Waals surface area (Å²) in [5, 5.41) is 5.81. The number of carbonyl (C=O) groups excluding carboxylic acids is 3. The number of rotatable bonds is 1. The number of ether oxygens (including phenoxy) is 1. The molecule has 2 aliphatic heterocycles. The van der Waals surface area contributed by atoms with Crippen molar-refractivity contribution in [1.82, 2.24) is 14.5 Å². The summed E-state index contributed by atoms with van der Waals surface area (Å²) in [6.45, 7) is 0.751. The number of allylic oxidation sites excluding steroid dienone is 1. The average molecular weight is 435 g/mol. The smallest absolute Gasteiger partial charge is 0.335 e. The first-order chi connectivity index (χ1) is 16.1.